The lowest BCUT2D eigenvalue weighted by atomic mass is 10.1. The Morgan fingerprint density at radius 3 is 2.29 bits per heavy atom. The van der Waals surface area contributed by atoms with Gasteiger partial charge < -0.3 is 4.74 Å². The molecule has 0 saturated heterocycles. The second-order valence-electron chi connectivity index (χ2n) is 3.72. The van der Waals surface area contributed by atoms with Crippen LogP contribution in [0.1, 0.15) is 25.5 Å². The van der Waals surface area contributed by atoms with Crippen LogP contribution in [-0.4, -0.2) is 12.7 Å². The fraction of sp³-hybridized carbons (Fsp3) is 0.385. The zero-order valence-electron chi connectivity index (χ0n) is 9.78. The average molecular weight is 239 g/mol. The monoisotopic (exact) mass is 239 g/mol. The second-order valence-corrected chi connectivity index (χ2v) is 3.72. The Bertz CT molecular complexity index is 383. The third-order valence-electron chi connectivity index (χ3n) is 2.36. The Kier molecular flexibility index (Phi) is 4.92. The number of nitrogens with one attached hydrogen (secondary N) is 1. The molecule has 1 aromatic carbocycles. The molecule has 2 nitrogen and oxygen atoms in total. The highest BCUT2D eigenvalue weighted by Gasteiger charge is 2.09. The topological polar surface area (TPSA) is 21.3 Å². The number of hydrogen-bond acceptors (Lipinski definition) is 2. The van der Waals surface area contributed by atoms with Crippen molar-refractivity contribution in [1.82, 2.24) is 5.32 Å². The molecule has 1 N–H and O–H groups in total. The zero-order valence-corrected chi connectivity index (χ0v) is 9.78. The average Bonchev–Trinajstić information content (AvgIpc) is 2.28. The molecule has 2 unspecified atom stereocenters. The fourth-order valence-electron chi connectivity index (χ4n) is 1.46. The molecule has 0 saturated carbocycles. The predicted molar refractivity (Wildman–Crippen MR) is 62.9 cm³/mol. The third-order valence-corrected chi connectivity index (χ3v) is 2.36. The summed E-state index contributed by atoms with van der Waals surface area (Å²) in [5.74, 6) is 2.72. The Balaban J connectivity index is 2.64. The van der Waals surface area contributed by atoms with Crippen molar-refractivity contribution in [2.45, 2.75) is 32.5 Å². The van der Waals surface area contributed by atoms with Gasteiger partial charge in [0.1, 0.15) is 5.75 Å². The van der Waals surface area contributed by atoms with Crippen LogP contribution in [0.5, 0.6) is 5.75 Å². The number of halogens is 2. The van der Waals surface area contributed by atoms with Crippen LogP contribution < -0.4 is 10.1 Å². The van der Waals surface area contributed by atoms with Gasteiger partial charge in [0.2, 0.25) is 0 Å². The van der Waals surface area contributed by atoms with Crippen LogP contribution in [0.3, 0.4) is 0 Å². The summed E-state index contributed by atoms with van der Waals surface area (Å²) in [5.41, 5.74) is 0.966. The summed E-state index contributed by atoms with van der Waals surface area (Å²) in [7, 11) is 0. The molecule has 1 rings (SSSR count). The van der Waals surface area contributed by atoms with E-state index >= 15 is 0 Å². The first-order valence-electron chi connectivity index (χ1n) is 5.30. The number of hydrogen-bond donors (Lipinski definition) is 1. The minimum atomic E-state index is -2.79. The summed E-state index contributed by atoms with van der Waals surface area (Å²) in [6, 6.07) is 6.51. The summed E-state index contributed by atoms with van der Waals surface area (Å²) >= 11 is 0. The molecule has 92 valence electrons. The highest BCUT2D eigenvalue weighted by atomic mass is 19.3. The van der Waals surface area contributed by atoms with Crippen molar-refractivity contribution in [3.63, 3.8) is 0 Å². The zero-order chi connectivity index (χ0) is 12.8. The van der Waals surface area contributed by atoms with E-state index in [0.717, 1.165) is 5.56 Å². The van der Waals surface area contributed by atoms with Crippen molar-refractivity contribution in [3.8, 4) is 18.1 Å². The van der Waals surface area contributed by atoms with Crippen LogP contribution in [-0.2, 0) is 0 Å². The normalized spacial score (nSPS) is 14.1. The van der Waals surface area contributed by atoms with Crippen LogP contribution >= 0.6 is 0 Å². The van der Waals surface area contributed by atoms with Crippen molar-refractivity contribution in [1.29, 1.82) is 0 Å². The Morgan fingerprint density at radius 1 is 1.24 bits per heavy atom. The van der Waals surface area contributed by atoms with Crippen molar-refractivity contribution in [2.75, 3.05) is 0 Å². The third kappa shape index (κ3) is 4.41. The molecule has 0 aromatic heterocycles. The Hall–Kier alpha value is -1.60. The molecule has 0 fully saturated rings. The number of terminal acetylenes is 1. The van der Waals surface area contributed by atoms with Crippen molar-refractivity contribution in [2.24, 2.45) is 0 Å². The molecule has 1 aromatic rings. The molecule has 0 aliphatic rings. The number of benzene rings is 1. The van der Waals surface area contributed by atoms with E-state index < -0.39 is 6.61 Å². The van der Waals surface area contributed by atoms with Gasteiger partial charge in [-0.1, -0.05) is 18.1 Å². The molecule has 0 heterocycles. The highest BCUT2D eigenvalue weighted by Crippen LogP contribution is 2.19. The van der Waals surface area contributed by atoms with Crippen molar-refractivity contribution < 1.29 is 13.5 Å². The summed E-state index contributed by atoms with van der Waals surface area (Å²) in [4.78, 5) is 0. The molecular weight excluding hydrogens is 224 g/mol. The van der Waals surface area contributed by atoms with Gasteiger partial charge in [-0.25, -0.2) is 0 Å². The second kappa shape index (κ2) is 6.21. The van der Waals surface area contributed by atoms with Gasteiger partial charge in [-0.3, -0.25) is 5.32 Å². The first-order chi connectivity index (χ1) is 8.02. The highest BCUT2D eigenvalue weighted by molar-refractivity contribution is 5.29. The van der Waals surface area contributed by atoms with E-state index in [1.807, 2.05) is 13.8 Å². The standard InChI is InChI=1S/C13H15F2NO/c1-4-9(2)16-10(3)11-5-7-12(8-6-11)17-13(14)15/h1,5-10,13,16H,2-3H3. The molecule has 0 radical (unpaired) electrons. The lowest BCUT2D eigenvalue weighted by molar-refractivity contribution is -0.0498. The first kappa shape index (κ1) is 13.5. The van der Waals surface area contributed by atoms with Crippen LogP contribution in [0, 0.1) is 12.3 Å². The van der Waals surface area contributed by atoms with Gasteiger partial charge in [-0.15, -0.1) is 6.42 Å². The lowest BCUT2D eigenvalue weighted by Gasteiger charge is -2.17. The molecule has 0 bridgehead atoms. The van der Waals surface area contributed by atoms with Crippen LogP contribution in [0.4, 0.5) is 8.78 Å². The molecule has 0 amide bonds. The molecular formula is C13H15F2NO. The summed E-state index contributed by atoms with van der Waals surface area (Å²) in [5, 5.41) is 3.18. The quantitative estimate of drug-likeness (QED) is 0.798. The number of alkyl halides is 2. The molecule has 2 atom stereocenters. The largest absolute Gasteiger partial charge is 0.435 e. The van der Waals surface area contributed by atoms with Gasteiger partial charge in [-0.05, 0) is 31.5 Å². The van der Waals surface area contributed by atoms with E-state index in [-0.39, 0.29) is 17.8 Å². The van der Waals surface area contributed by atoms with Gasteiger partial charge in [0, 0.05) is 6.04 Å². The van der Waals surface area contributed by atoms with Crippen molar-refractivity contribution in [3.05, 3.63) is 29.8 Å². The maximum Gasteiger partial charge on any atom is 0.387 e. The Labute approximate surface area is 100.0 Å². The molecule has 0 aliphatic heterocycles. The van der Waals surface area contributed by atoms with Crippen LogP contribution in [0.2, 0.25) is 0 Å². The maximum absolute atomic E-state index is 11.9. The van der Waals surface area contributed by atoms with Gasteiger partial charge >= 0.3 is 6.61 Å². The van der Waals surface area contributed by atoms with Gasteiger partial charge in [0.05, 0.1) is 6.04 Å². The van der Waals surface area contributed by atoms with Gasteiger partial charge in [-0.2, -0.15) is 8.78 Å². The first-order valence-corrected chi connectivity index (χ1v) is 5.30. The van der Waals surface area contributed by atoms with E-state index in [4.69, 9.17) is 6.42 Å². The minimum absolute atomic E-state index is 0.0398. The maximum atomic E-state index is 11.9. The SMILES string of the molecule is C#CC(C)NC(C)c1ccc(OC(F)F)cc1. The van der Waals surface area contributed by atoms with Crippen LogP contribution in [0.15, 0.2) is 24.3 Å². The minimum Gasteiger partial charge on any atom is -0.435 e. The summed E-state index contributed by atoms with van der Waals surface area (Å²) < 4.78 is 28.1. The van der Waals surface area contributed by atoms with E-state index in [1.165, 1.54) is 12.1 Å². The Morgan fingerprint density at radius 2 is 1.82 bits per heavy atom. The van der Waals surface area contributed by atoms with Crippen molar-refractivity contribution >= 4 is 0 Å². The smallest absolute Gasteiger partial charge is 0.387 e. The summed E-state index contributed by atoms with van der Waals surface area (Å²) in [6.07, 6.45) is 5.26. The van der Waals surface area contributed by atoms with Gasteiger partial charge in [0.15, 0.2) is 0 Å². The lowest BCUT2D eigenvalue weighted by Crippen LogP contribution is -2.27. The number of ether oxygens (including phenoxy) is 1. The van der Waals surface area contributed by atoms with Gasteiger partial charge in [0.25, 0.3) is 0 Å². The fourth-order valence-corrected chi connectivity index (χ4v) is 1.46. The molecule has 0 spiro atoms. The predicted octanol–water partition coefficient (Wildman–Crippen LogP) is 2.96. The van der Waals surface area contributed by atoms with Crippen LogP contribution in [0.25, 0.3) is 0 Å². The molecule has 4 heteroatoms. The molecule has 17 heavy (non-hydrogen) atoms. The van der Waals surface area contributed by atoms with E-state index in [0.29, 0.717) is 0 Å². The molecule has 0 aliphatic carbocycles. The van der Waals surface area contributed by atoms with E-state index in [2.05, 4.69) is 16.0 Å². The van der Waals surface area contributed by atoms with E-state index in [1.54, 1.807) is 12.1 Å². The number of rotatable bonds is 5. The van der Waals surface area contributed by atoms with E-state index in [9.17, 15) is 8.78 Å². The summed E-state index contributed by atoms with van der Waals surface area (Å²) in [6.45, 7) is 1.04.